The van der Waals surface area contributed by atoms with Gasteiger partial charge in [-0.2, -0.15) is 9.78 Å². The maximum atomic E-state index is 13.4. The van der Waals surface area contributed by atoms with Gasteiger partial charge in [-0.05, 0) is 42.0 Å². The molecule has 0 saturated carbocycles. The van der Waals surface area contributed by atoms with Gasteiger partial charge >= 0.3 is 5.69 Å². The number of hydrogen-bond donors (Lipinski definition) is 0. The zero-order chi connectivity index (χ0) is 27.0. The highest BCUT2D eigenvalue weighted by molar-refractivity contribution is 9.10. The van der Waals surface area contributed by atoms with Crippen molar-refractivity contribution >= 4 is 54.7 Å². The first-order valence-electron chi connectivity index (χ1n) is 11.5. The Morgan fingerprint density at radius 1 is 1.13 bits per heavy atom. The number of halogens is 2. The van der Waals surface area contributed by atoms with Gasteiger partial charge in [0.25, 0.3) is 5.56 Å². The summed E-state index contributed by atoms with van der Waals surface area (Å²) in [6, 6.07) is 13.6. The lowest BCUT2D eigenvalue weighted by Gasteiger charge is -2.13. The van der Waals surface area contributed by atoms with Crippen molar-refractivity contribution in [3.05, 3.63) is 94.9 Å². The summed E-state index contributed by atoms with van der Waals surface area (Å²) in [6.07, 6.45) is 1.37. The maximum absolute atomic E-state index is 13.4. The normalized spacial score (nSPS) is 12.6. The van der Waals surface area contributed by atoms with Crippen LogP contribution in [0, 0.1) is 10.1 Å². The number of nitrogens with zero attached hydrogens (tertiary/aromatic N) is 4. The summed E-state index contributed by atoms with van der Waals surface area (Å²) in [6.45, 7) is 3.98. The summed E-state index contributed by atoms with van der Waals surface area (Å²) in [5, 5.41) is 16.7. The van der Waals surface area contributed by atoms with Gasteiger partial charge in [0.1, 0.15) is 12.4 Å². The molecule has 0 fully saturated rings. The Morgan fingerprint density at radius 3 is 2.68 bits per heavy atom. The highest BCUT2D eigenvalue weighted by Gasteiger charge is 2.22. The Kier molecular flexibility index (Phi) is 7.17. The molecular weight excluding hydrogens is 624 g/mol. The molecular formula is C26H20Br2N4O6. The number of fused-ring (bicyclic) bond motifs is 2. The van der Waals surface area contributed by atoms with Crippen LogP contribution in [0.1, 0.15) is 36.7 Å². The number of nitro benzene ring substituents is 1. The van der Waals surface area contributed by atoms with E-state index < -0.39 is 4.92 Å². The summed E-state index contributed by atoms with van der Waals surface area (Å²) >= 11 is 6.72. The van der Waals surface area contributed by atoms with E-state index in [4.69, 9.17) is 14.2 Å². The first kappa shape index (κ1) is 25.9. The van der Waals surface area contributed by atoms with Crippen molar-refractivity contribution in [2.45, 2.75) is 26.4 Å². The molecule has 194 valence electrons. The molecule has 0 saturated heterocycles. The zero-order valence-electron chi connectivity index (χ0n) is 20.2. The molecule has 0 bridgehead atoms. The van der Waals surface area contributed by atoms with E-state index in [1.54, 1.807) is 36.4 Å². The van der Waals surface area contributed by atoms with Crippen LogP contribution in [-0.2, 0) is 6.61 Å². The van der Waals surface area contributed by atoms with Crippen molar-refractivity contribution in [2.24, 2.45) is 5.10 Å². The van der Waals surface area contributed by atoms with Crippen LogP contribution >= 0.6 is 31.9 Å². The Labute approximate surface area is 233 Å². The van der Waals surface area contributed by atoms with E-state index >= 15 is 0 Å². The van der Waals surface area contributed by atoms with Crippen molar-refractivity contribution in [2.75, 3.05) is 6.79 Å². The molecule has 0 N–H and O–H groups in total. The van der Waals surface area contributed by atoms with Gasteiger partial charge in [-0.25, -0.2) is 4.98 Å². The number of rotatable bonds is 7. The minimum atomic E-state index is -0.530. The molecule has 4 aromatic rings. The van der Waals surface area contributed by atoms with Crippen LogP contribution in [-0.4, -0.2) is 27.6 Å². The first-order valence-corrected chi connectivity index (χ1v) is 13.1. The molecule has 1 aromatic heterocycles. The minimum absolute atomic E-state index is 0.00950. The minimum Gasteiger partial charge on any atom is -0.481 e. The molecule has 38 heavy (non-hydrogen) atoms. The quantitative estimate of drug-likeness (QED) is 0.135. The average Bonchev–Trinajstić information content (AvgIpc) is 3.35. The van der Waals surface area contributed by atoms with E-state index in [-0.39, 0.29) is 36.3 Å². The molecule has 0 amide bonds. The van der Waals surface area contributed by atoms with Gasteiger partial charge in [-0.15, -0.1) is 0 Å². The highest BCUT2D eigenvalue weighted by atomic mass is 79.9. The number of aromatic nitrogens is 2. The van der Waals surface area contributed by atoms with Crippen LogP contribution in [0.15, 0.2) is 67.4 Å². The highest BCUT2D eigenvalue weighted by Crippen LogP contribution is 2.36. The van der Waals surface area contributed by atoms with E-state index in [1.807, 2.05) is 19.9 Å². The van der Waals surface area contributed by atoms with Crippen LogP contribution in [0.2, 0.25) is 0 Å². The van der Waals surface area contributed by atoms with E-state index in [1.165, 1.54) is 17.0 Å². The molecule has 3 aromatic carbocycles. The Balaban J connectivity index is 1.57. The molecule has 0 aliphatic carbocycles. The number of nitro groups is 1. The van der Waals surface area contributed by atoms with Gasteiger partial charge in [0.2, 0.25) is 12.5 Å². The summed E-state index contributed by atoms with van der Waals surface area (Å²) in [5.74, 6) is 1.54. The van der Waals surface area contributed by atoms with Gasteiger partial charge in [-0.3, -0.25) is 14.9 Å². The maximum Gasteiger partial charge on any atom is 0.312 e. The fourth-order valence-electron chi connectivity index (χ4n) is 3.95. The molecule has 5 rings (SSSR count). The van der Waals surface area contributed by atoms with Crippen LogP contribution < -0.4 is 19.8 Å². The molecule has 2 heterocycles. The Morgan fingerprint density at radius 2 is 1.92 bits per heavy atom. The summed E-state index contributed by atoms with van der Waals surface area (Å²) in [4.78, 5) is 29.4. The Hall–Kier alpha value is -3.77. The predicted molar refractivity (Wildman–Crippen MR) is 148 cm³/mol. The molecule has 0 radical (unpaired) electrons. The van der Waals surface area contributed by atoms with Crippen LogP contribution in [0.4, 0.5) is 5.69 Å². The number of benzene rings is 3. The van der Waals surface area contributed by atoms with Crippen molar-refractivity contribution < 1.29 is 19.1 Å². The third kappa shape index (κ3) is 5.14. The number of ether oxygens (including phenoxy) is 3. The van der Waals surface area contributed by atoms with E-state index in [9.17, 15) is 14.9 Å². The van der Waals surface area contributed by atoms with Crippen molar-refractivity contribution in [1.29, 1.82) is 0 Å². The molecule has 1 aliphatic heterocycles. The molecule has 1 aliphatic rings. The monoisotopic (exact) mass is 642 g/mol. The Bertz CT molecular complexity index is 1670. The van der Waals surface area contributed by atoms with Gasteiger partial charge < -0.3 is 14.2 Å². The van der Waals surface area contributed by atoms with Crippen molar-refractivity contribution in [3.8, 4) is 17.2 Å². The lowest BCUT2D eigenvalue weighted by atomic mass is 10.1. The van der Waals surface area contributed by atoms with E-state index in [0.717, 1.165) is 10.0 Å². The second-order valence-electron chi connectivity index (χ2n) is 8.72. The average molecular weight is 644 g/mol. The van der Waals surface area contributed by atoms with Crippen LogP contribution in [0.3, 0.4) is 0 Å². The standard InChI is InChI=1S/C26H20Br2N4O6/c1-14(2)25-30-20-5-4-17(27)9-19(20)26(33)31(25)29-11-16-8-18(28)10-21(32(34)35)24(16)36-12-15-3-6-22-23(7-15)38-13-37-22/h3-11,14H,12-13H2,1-2H3. The van der Waals surface area contributed by atoms with Crippen molar-refractivity contribution in [1.82, 2.24) is 9.66 Å². The second kappa shape index (κ2) is 10.5. The zero-order valence-corrected chi connectivity index (χ0v) is 23.4. The molecule has 0 atom stereocenters. The lowest BCUT2D eigenvalue weighted by Crippen LogP contribution is -2.23. The molecule has 0 unspecified atom stereocenters. The third-order valence-corrected chi connectivity index (χ3v) is 6.69. The fraction of sp³-hybridized carbons (Fsp3) is 0.192. The number of hydrogen-bond acceptors (Lipinski definition) is 8. The first-order chi connectivity index (χ1) is 18.2. The third-order valence-electron chi connectivity index (χ3n) is 5.74. The van der Waals surface area contributed by atoms with Gasteiger partial charge in [0.15, 0.2) is 11.5 Å². The van der Waals surface area contributed by atoms with E-state index in [2.05, 4.69) is 41.9 Å². The van der Waals surface area contributed by atoms with Crippen LogP contribution in [0.25, 0.3) is 10.9 Å². The van der Waals surface area contributed by atoms with Crippen LogP contribution in [0.5, 0.6) is 17.2 Å². The van der Waals surface area contributed by atoms with Gasteiger partial charge in [0, 0.05) is 26.5 Å². The second-order valence-corrected chi connectivity index (χ2v) is 10.6. The SMILES string of the molecule is CC(C)c1nc2ccc(Br)cc2c(=O)n1N=Cc1cc(Br)cc([N+](=O)[O-])c1OCc1ccc2c(c1)OCO2. The lowest BCUT2D eigenvalue weighted by molar-refractivity contribution is -0.386. The molecule has 0 spiro atoms. The summed E-state index contributed by atoms with van der Waals surface area (Å²) in [5.41, 5.74) is 0.987. The summed E-state index contributed by atoms with van der Waals surface area (Å²) < 4.78 is 19.1. The van der Waals surface area contributed by atoms with Crippen molar-refractivity contribution in [3.63, 3.8) is 0 Å². The molecule has 12 heteroatoms. The largest absolute Gasteiger partial charge is 0.481 e. The predicted octanol–water partition coefficient (Wildman–Crippen LogP) is 6.14. The topological polar surface area (TPSA) is 118 Å². The van der Waals surface area contributed by atoms with Gasteiger partial charge in [0.05, 0.1) is 22.0 Å². The van der Waals surface area contributed by atoms with E-state index in [0.29, 0.717) is 38.3 Å². The fourth-order valence-corrected chi connectivity index (χ4v) is 4.77. The summed E-state index contributed by atoms with van der Waals surface area (Å²) in [7, 11) is 0. The smallest absolute Gasteiger partial charge is 0.312 e. The van der Waals surface area contributed by atoms with Gasteiger partial charge in [-0.1, -0.05) is 51.8 Å². The molecule has 10 nitrogen and oxygen atoms in total.